The monoisotopic (exact) mass is 241 g/mol. The summed E-state index contributed by atoms with van der Waals surface area (Å²) in [4.78, 5) is 16.1. The van der Waals surface area contributed by atoms with Gasteiger partial charge in [0.2, 0.25) is 5.95 Å². The standard InChI is InChI=1S/C11H11N7/c1-13-11-16-5-8(4-12)10(18-11)15-6-9-2-3-14-7-17-9/h2-3,5,7H,6H2,1H3,(H2,13,15,16,18). The summed E-state index contributed by atoms with van der Waals surface area (Å²) in [5.74, 6) is 0.939. The van der Waals surface area contributed by atoms with Gasteiger partial charge in [0.15, 0.2) is 0 Å². The van der Waals surface area contributed by atoms with E-state index in [2.05, 4.69) is 30.6 Å². The Hall–Kier alpha value is -2.75. The van der Waals surface area contributed by atoms with E-state index >= 15 is 0 Å². The summed E-state index contributed by atoms with van der Waals surface area (Å²) in [5, 5.41) is 14.8. The van der Waals surface area contributed by atoms with Gasteiger partial charge in [0.05, 0.1) is 18.4 Å². The highest BCUT2D eigenvalue weighted by atomic mass is 15.1. The quantitative estimate of drug-likeness (QED) is 0.816. The van der Waals surface area contributed by atoms with Gasteiger partial charge in [-0.25, -0.2) is 15.0 Å². The molecule has 2 N–H and O–H groups in total. The summed E-state index contributed by atoms with van der Waals surface area (Å²) in [6.07, 6.45) is 4.61. The van der Waals surface area contributed by atoms with Gasteiger partial charge in [-0.15, -0.1) is 0 Å². The molecule has 7 nitrogen and oxygen atoms in total. The van der Waals surface area contributed by atoms with Crippen molar-refractivity contribution in [2.24, 2.45) is 0 Å². The molecule has 90 valence electrons. The summed E-state index contributed by atoms with van der Waals surface area (Å²) < 4.78 is 0. The van der Waals surface area contributed by atoms with Gasteiger partial charge in [-0.1, -0.05) is 0 Å². The lowest BCUT2D eigenvalue weighted by Crippen LogP contribution is -2.07. The van der Waals surface area contributed by atoms with Gasteiger partial charge in [-0.2, -0.15) is 10.2 Å². The minimum absolute atomic E-state index is 0.392. The molecule has 0 saturated carbocycles. The van der Waals surface area contributed by atoms with Gasteiger partial charge in [0.1, 0.15) is 23.8 Å². The van der Waals surface area contributed by atoms with Crippen LogP contribution in [0.5, 0.6) is 0 Å². The number of anilines is 2. The molecule has 0 unspecified atom stereocenters. The number of aromatic nitrogens is 4. The minimum atomic E-state index is 0.392. The first-order valence-electron chi connectivity index (χ1n) is 5.27. The SMILES string of the molecule is CNc1ncc(C#N)c(NCc2ccncn2)n1. The summed E-state index contributed by atoms with van der Waals surface area (Å²) in [7, 11) is 1.72. The van der Waals surface area contributed by atoms with Crippen LogP contribution in [-0.2, 0) is 6.54 Å². The van der Waals surface area contributed by atoms with Gasteiger partial charge in [0, 0.05) is 13.2 Å². The maximum Gasteiger partial charge on any atom is 0.224 e. The maximum atomic E-state index is 8.96. The lowest BCUT2D eigenvalue weighted by molar-refractivity contribution is 0.989. The number of rotatable bonds is 4. The van der Waals surface area contributed by atoms with Crippen LogP contribution in [0.15, 0.2) is 24.8 Å². The van der Waals surface area contributed by atoms with Crippen molar-refractivity contribution in [2.75, 3.05) is 17.7 Å². The molecule has 0 spiro atoms. The van der Waals surface area contributed by atoms with E-state index in [4.69, 9.17) is 5.26 Å². The molecule has 7 heteroatoms. The van der Waals surface area contributed by atoms with Gasteiger partial charge < -0.3 is 10.6 Å². The molecule has 0 radical (unpaired) electrons. The topological polar surface area (TPSA) is 99.4 Å². The zero-order valence-corrected chi connectivity index (χ0v) is 9.75. The van der Waals surface area contributed by atoms with E-state index in [0.29, 0.717) is 23.9 Å². The average molecular weight is 241 g/mol. The van der Waals surface area contributed by atoms with Crippen molar-refractivity contribution in [3.05, 3.63) is 36.0 Å². The van der Waals surface area contributed by atoms with Crippen molar-refractivity contribution in [3.63, 3.8) is 0 Å². The minimum Gasteiger partial charge on any atom is -0.363 e. The molecule has 0 aliphatic carbocycles. The highest BCUT2D eigenvalue weighted by Gasteiger charge is 2.06. The third-order valence-corrected chi connectivity index (χ3v) is 2.21. The summed E-state index contributed by atoms with van der Waals surface area (Å²) in [6.45, 7) is 0.470. The number of nitrogens with one attached hydrogen (secondary N) is 2. The van der Waals surface area contributed by atoms with E-state index in [9.17, 15) is 0 Å². The van der Waals surface area contributed by atoms with Crippen molar-refractivity contribution >= 4 is 11.8 Å². The van der Waals surface area contributed by atoms with E-state index in [-0.39, 0.29) is 0 Å². The predicted octanol–water partition coefficient (Wildman–Crippen LogP) is 0.792. The zero-order chi connectivity index (χ0) is 12.8. The fourth-order valence-corrected chi connectivity index (χ4v) is 1.32. The molecule has 2 aromatic heterocycles. The predicted molar refractivity (Wildman–Crippen MR) is 65.7 cm³/mol. The lowest BCUT2D eigenvalue weighted by Gasteiger charge is -2.07. The van der Waals surface area contributed by atoms with Crippen LogP contribution in [-0.4, -0.2) is 27.0 Å². The van der Waals surface area contributed by atoms with Gasteiger partial charge in [-0.05, 0) is 6.07 Å². The van der Waals surface area contributed by atoms with Crippen molar-refractivity contribution < 1.29 is 0 Å². The Labute approximate surface area is 104 Å². The second-order valence-electron chi connectivity index (χ2n) is 3.37. The van der Waals surface area contributed by atoms with Crippen molar-refractivity contribution in [2.45, 2.75) is 6.54 Å². The molecule has 0 amide bonds. The Morgan fingerprint density at radius 2 is 2.28 bits per heavy atom. The van der Waals surface area contributed by atoms with Crippen LogP contribution in [0.4, 0.5) is 11.8 Å². The molecule has 0 fully saturated rings. The van der Waals surface area contributed by atoms with Crippen LogP contribution < -0.4 is 10.6 Å². The average Bonchev–Trinajstić information content (AvgIpc) is 2.45. The van der Waals surface area contributed by atoms with Crippen molar-refractivity contribution in [1.82, 2.24) is 19.9 Å². The first-order valence-corrected chi connectivity index (χ1v) is 5.27. The fraction of sp³-hybridized carbons (Fsp3) is 0.182. The smallest absolute Gasteiger partial charge is 0.224 e. The van der Waals surface area contributed by atoms with E-state index in [1.54, 1.807) is 19.3 Å². The Balaban J connectivity index is 2.15. The Bertz CT molecular complexity index is 561. The molecule has 18 heavy (non-hydrogen) atoms. The number of nitrogens with zero attached hydrogens (tertiary/aromatic N) is 5. The first-order chi connectivity index (χ1) is 8.83. The van der Waals surface area contributed by atoms with Crippen LogP contribution in [0.2, 0.25) is 0 Å². The molecule has 0 aliphatic heterocycles. The number of hydrogen-bond donors (Lipinski definition) is 2. The third-order valence-electron chi connectivity index (χ3n) is 2.21. The molecule has 0 bridgehead atoms. The summed E-state index contributed by atoms with van der Waals surface area (Å²) in [5.41, 5.74) is 1.21. The maximum absolute atomic E-state index is 8.96. The molecular weight excluding hydrogens is 230 g/mol. The second-order valence-corrected chi connectivity index (χ2v) is 3.37. The third kappa shape index (κ3) is 2.68. The van der Waals surface area contributed by atoms with Gasteiger partial charge in [0.25, 0.3) is 0 Å². The molecule has 2 rings (SSSR count). The number of nitriles is 1. The van der Waals surface area contributed by atoms with Crippen molar-refractivity contribution in [1.29, 1.82) is 5.26 Å². The Morgan fingerprint density at radius 3 is 2.94 bits per heavy atom. The summed E-state index contributed by atoms with van der Waals surface area (Å²) in [6, 6.07) is 3.83. The molecular formula is C11H11N7. The summed E-state index contributed by atoms with van der Waals surface area (Å²) >= 11 is 0. The highest BCUT2D eigenvalue weighted by molar-refractivity contribution is 5.53. The van der Waals surface area contributed by atoms with Crippen LogP contribution in [0.25, 0.3) is 0 Å². The normalized spacial score (nSPS) is 9.56. The molecule has 0 aliphatic rings. The van der Waals surface area contributed by atoms with E-state index in [1.165, 1.54) is 12.5 Å². The van der Waals surface area contributed by atoms with Crippen LogP contribution in [0.3, 0.4) is 0 Å². The van der Waals surface area contributed by atoms with E-state index < -0.39 is 0 Å². The van der Waals surface area contributed by atoms with Crippen LogP contribution in [0, 0.1) is 11.3 Å². The Kier molecular flexibility index (Phi) is 3.61. The van der Waals surface area contributed by atoms with Crippen LogP contribution in [0.1, 0.15) is 11.3 Å². The fourth-order valence-electron chi connectivity index (χ4n) is 1.32. The molecule has 0 atom stereocenters. The lowest BCUT2D eigenvalue weighted by atomic mass is 10.3. The van der Waals surface area contributed by atoms with Gasteiger partial charge in [-0.3, -0.25) is 0 Å². The van der Waals surface area contributed by atoms with Crippen LogP contribution >= 0.6 is 0 Å². The highest BCUT2D eigenvalue weighted by Crippen LogP contribution is 2.13. The van der Waals surface area contributed by atoms with Crippen molar-refractivity contribution in [3.8, 4) is 6.07 Å². The molecule has 0 saturated heterocycles. The molecule has 2 aromatic rings. The van der Waals surface area contributed by atoms with E-state index in [1.807, 2.05) is 6.07 Å². The molecule has 0 aromatic carbocycles. The first kappa shape index (κ1) is 11.7. The van der Waals surface area contributed by atoms with E-state index in [0.717, 1.165) is 5.69 Å². The zero-order valence-electron chi connectivity index (χ0n) is 9.75. The second kappa shape index (κ2) is 5.54. The Morgan fingerprint density at radius 1 is 1.39 bits per heavy atom. The van der Waals surface area contributed by atoms with Gasteiger partial charge >= 0.3 is 0 Å². The molecule has 2 heterocycles. The largest absolute Gasteiger partial charge is 0.363 e. The number of hydrogen-bond acceptors (Lipinski definition) is 7.